The van der Waals surface area contributed by atoms with E-state index in [1.807, 2.05) is 12.1 Å². The van der Waals surface area contributed by atoms with Crippen molar-refractivity contribution in [1.29, 1.82) is 0 Å². The molecular weight excluding hydrogens is 353 g/mol. The van der Waals surface area contributed by atoms with Gasteiger partial charge >= 0.3 is 0 Å². The summed E-state index contributed by atoms with van der Waals surface area (Å²) in [5.74, 6) is 0. The largest absolute Gasteiger partial charge is 0.312 e. The Morgan fingerprint density at radius 2 is 2.00 bits per heavy atom. The molecule has 0 bridgehead atoms. The molecule has 1 nitrogen and oxygen atoms in total. The maximum absolute atomic E-state index is 6.09. The van der Waals surface area contributed by atoms with Gasteiger partial charge in [-0.1, -0.05) is 23.2 Å². The third-order valence-corrected chi connectivity index (χ3v) is 4.79. The van der Waals surface area contributed by atoms with Gasteiger partial charge in [-0.15, -0.1) is 11.3 Å². The highest BCUT2D eigenvalue weighted by atomic mass is 79.9. The molecule has 0 spiro atoms. The van der Waals surface area contributed by atoms with Crippen molar-refractivity contribution in [2.75, 3.05) is 6.54 Å². The quantitative estimate of drug-likeness (QED) is 0.723. The van der Waals surface area contributed by atoms with Crippen LogP contribution < -0.4 is 5.32 Å². The van der Waals surface area contributed by atoms with Gasteiger partial charge in [-0.05, 0) is 58.2 Å². The van der Waals surface area contributed by atoms with Crippen molar-refractivity contribution in [3.8, 4) is 0 Å². The number of benzene rings is 1. The van der Waals surface area contributed by atoms with E-state index in [2.05, 4.69) is 33.4 Å². The summed E-state index contributed by atoms with van der Waals surface area (Å²) < 4.78 is 1.18. The molecule has 1 heterocycles. The van der Waals surface area contributed by atoms with Gasteiger partial charge in [-0.3, -0.25) is 0 Å². The predicted molar refractivity (Wildman–Crippen MR) is 83.9 cm³/mol. The van der Waals surface area contributed by atoms with Crippen molar-refractivity contribution in [1.82, 2.24) is 5.32 Å². The Bertz CT molecular complexity index is 527. The van der Waals surface area contributed by atoms with Gasteiger partial charge in [0.2, 0.25) is 0 Å². The lowest BCUT2D eigenvalue weighted by Crippen LogP contribution is -2.16. The highest BCUT2D eigenvalue weighted by molar-refractivity contribution is 9.11. The lowest BCUT2D eigenvalue weighted by atomic mass is 10.2. The van der Waals surface area contributed by atoms with Gasteiger partial charge in [0.1, 0.15) is 0 Å². The highest BCUT2D eigenvalue weighted by Gasteiger charge is 2.01. The average molecular weight is 365 g/mol. The lowest BCUT2D eigenvalue weighted by molar-refractivity contribution is 0.691. The average Bonchev–Trinajstić information content (AvgIpc) is 2.75. The summed E-state index contributed by atoms with van der Waals surface area (Å²) in [4.78, 5) is 1.37. The molecule has 0 unspecified atom stereocenters. The molecule has 0 radical (unpaired) electrons. The first-order valence-corrected chi connectivity index (χ1v) is 7.90. The van der Waals surface area contributed by atoms with Crippen molar-refractivity contribution in [3.63, 3.8) is 0 Å². The van der Waals surface area contributed by atoms with E-state index in [4.69, 9.17) is 23.2 Å². The first-order valence-electron chi connectivity index (χ1n) is 5.54. The summed E-state index contributed by atoms with van der Waals surface area (Å²) in [7, 11) is 0. The minimum atomic E-state index is 0.721. The molecule has 18 heavy (non-hydrogen) atoms. The zero-order chi connectivity index (χ0) is 13.0. The van der Waals surface area contributed by atoms with Crippen LogP contribution in [0.3, 0.4) is 0 Å². The van der Waals surface area contributed by atoms with Gasteiger partial charge in [-0.25, -0.2) is 0 Å². The van der Waals surface area contributed by atoms with Gasteiger partial charge in [-0.2, -0.15) is 0 Å². The van der Waals surface area contributed by atoms with Gasteiger partial charge < -0.3 is 5.32 Å². The molecule has 0 atom stereocenters. The molecule has 96 valence electrons. The second kappa shape index (κ2) is 6.92. The molecule has 1 aromatic heterocycles. The van der Waals surface area contributed by atoms with Crippen LogP contribution in [0.2, 0.25) is 10.0 Å². The first kappa shape index (κ1) is 14.4. The predicted octanol–water partition coefficient (Wildman–Crippen LogP) is 5.15. The topological polar surface area (TPSA) is 12.0 Å². The van der Waals surface area contributed by atoms with Crippen molar-refractivity contribution in [2.24, 2.45) is 0 Å². The van der Waals surface area contributed by atoms with Crippen molar-refractivity contribution < 1.29 is 0 Å². The third kappa shape index (κ3) is 4.25. The van der Waals surface area contributed by atoms with Crippen LogP contribution in [-0.2, 0) is 13.0 Å². The van der Waals surface area contributed by atoms with E-state index >= 15 is 0 Å². The van der Waals surface area contributed by atoms with E-state index in [1.165, 1.54) is 8.66 Å². The lowest BCUT2D eigenvalue weighted by Gasteiger charge is -2.06. The first-order chi connectivity index (χ1) is 8.65. The monoisotopic (exact) mass is 363 g/mol. The Hall–Kier alpha value is -0.0600. The molecule has 0 amide bonds. The highest BCUT2D eigenvalue weighted by Crippen LogP contribution is 2.22. The molecule has 2 rings (SSSR count). The summed E-state index contributed by atoms with van der Waals surface area (Å²) in [6.45, 7) is 1.67. The molecular formula is C13H12BrCl2NS. The number of rotatable bonds is 5. The fraction of sp³-hybridized carbons (Fsp3) is 0.231. The summed E-state index contributed by atoms with van der Waals surface area (Å²) >= 11 is 17.3. The number of nitrogens with one attached hydrogen (secondary N) is 1. The van der Waals surface area contributed by atoms with Gasteiger partial charge in [0.25, 0.3) is 0 Å². The maximum Gasteiger partial charge on any atom is 0.0701 e. The Balaban J connectivity index is 1.80. The standard InChI is InChI=1S/C13H12BrCl2NS/c14-13-4-2-11(18-13)5-6-17-8-9-7-10(15)1-3-12(9)16/h1-4,7,17H,5-6,8H2. The van der Waals surface area contributed by atoms with Crippen LogP contribution in [0.5, 0.6) is 0 Å². The number of halogens is 3. The number of thiophene rings is 1. The van der Waals surface area contributed by atoms with Crippen molar-refractivity contribution >= 4 is 50.5 Å². The minimum Gasteiger partial charge on any atom is -0.312 e. The molecule has 0 saturated heterocycles. The minimum absolute atomic E-state index is 0.721. The molecule has 5 heteroatoms. The van der Waals surface area contributed by atoms with E-state index in [1.54, 1.807) is 17.4 Å². The summed E-state index contributed by atoms with van der Waals surface area (Å²) in [6.07, 6.45) is 1.02. The molecule has 0 aliphatic rings. The fourth-order valence-corrected chi connectivity index (χ4v) is 3.46. The van der Waals surface area contributed by atoms with E-state index in [9.17, 15) is 0 Å². The Kier molecular flexibility index (Phi) is 5.52. The molecule has 0 aliphatic carbocycles. The van der Waals surface area contributed by atoms with Crippen molar-refractivity contribution in [3.05, 3.63) is 54.6 Å². The molecule has 0 saturated carbocycles. The van der Waals surface area contributed by atoms with E-state index in [0.717, 1.165) is 35.1 Å². The maximum atomic E-state index is 6.09. The second-order valence-electron chi connectivity index (χ2n) is 3.87. The number of hydrogen-bond donors (Lipinski definition) is 1. The van der Waals surface area contributed by atoms with Gasteiger partial charge in [0.05, 0.1) is 3.79 Å². The van der Waals surface area contributed by atoms with E-state index < -0.39 is 0 Å². The molecule has 0 aliphatic heterocycles. The molecule has 1 aromatic carbocycles. The molecule has 0 fully saturated rings. The normalized spacial score (nSPS) is 10.8. The van der Waals surface area contributed by atoms with Crippen LogP contribution in [0, 0.1) is 0 Å². The van der Waals surface area contributed by atoms with Crippen molar-refractivity contribution in [2.45, 2.75) is 13.0 Å². The van der Waals surface area contributed by atoms with Crippen LogP contribution in [0.25, 0.3) is 0 Å². The van der Waals surface area contributed by atoms with Crippen LogP contribution in [0.15, 0.2) is 34.1 Å². The Morgan fingerprint density at radius 1 is 1.17 bits per heavy atom. The third-order valence-electron chi connectivity index (χ3n) is 2.50. The zero-order valence-electron chi connectivity index (χ0n) is 9.55. The van der Waals surface area contributed by atoms with Crippen LogP contribution in [0.4, 0.5) is 0 Å². The SMILES string of the molecule is Clc1ccc(Cl)c(CNCCc2ccc(Br)s2)c1. The van der Waals surface area contributed by atoms with Crippen LogP contribution in [0.1, 0.15) is 10.4 Å². The summed E-state index contributed by atoms with van der Waals surface area (Å²) in [5, 5.41) is 4.85. The van der Waals surface area contributed by atoms with Crippen LogP contribution >= 0.6 is 50.5 Å². The molecule has 1 N–H and O–H groups in total. The Labute approximate surface area is 129 Å². The summed E-state index contributed by atoms with van der Waals surface area (Å²) in [5.41, 5.74) is 1.04. The zero-order valence-corrected chi connectivity index (χ0v) is 13.5. The molecule has 2 aromatic rings. The smallest absolute Gasteiger partial charge is 0.0701 e. The second-order valence-corrected chi connectivity index (χ2v) is 7.26. The fourth-order valence-electron chi connectivity index (χ4n) is 1.60. The van der Waals surface area contributed by atoms with E-state index in [0.29, 0.717) is 0 Å². The summed E-state index contributed by atoms with van der Waals surface area (Å²) in [6, 6.07) is 9.75. The van der Waals surface area contributed by atoms with Crippen LogP contribution in [-0.4, -0.2) is 6.54 Å². The van der Waals surface area contributed by atoms with Gasteiger partial charge in [0.15, 0.2) is 0 Å². The Morgan fingerprint density at radius 3 is 2.72 bits per heavy atom. The van der Waals surface area contributed by atoms with Gasteiger partial charge in [0, 0.05) is 28.0 Å². The van der Waals surface area contributed by atoms with E-state index in [-0.39, 0.29) is 0 Å². The number of hydrogen-bond acceptors (Lipinski definition) is 2.